The topological polar surface area (TPSA) is 77.4 Å². The second-order valence-corrected chi connectivity index (χ2v) is 8.77. The van der Waals surface area contributed by atoms with E-state index in [1.165, 1.54) is 6.33 Å². The van der Waals surface area contributed by atoms with Crippen LogP contribution in [0.15, 0.2) is 79.5 Å². The van der Waals surface area contributed by atoms with E-state index in [1.807, 2.05) is 37.4 Å². The molecule has 2 aromatic heterocycles. The largest absolute Gasteiger partial charge is 0.491 e. The molecule has 0 aliphatic carbocycles. The lowest BCUT2D eigenvalue weighted by molar-refractivity contribution is 0.0570. The first-order valence-corrected chi connectivity index (χ1v) is 12.0. The summed E-state index contributed by atoms with van der Waals surface area (Å²) in [5, 5.41) is 0. The predicted octanol–water partition coefficient (Wildman–Crippen LogP) is 4.49. The number of rotatable bonds is 2. The van der Waals surface area contributed by atoms with E-state index < -0.39 is 0 Å². The highest BCUT2D eigenvalue weighted by molar-refractivity contribution is 5.94. The summed E-state index contributed by atoms with van der Waals surface area (Å²) < 4.78 is 11.9. The van der Waals surface area contributed by atoms with Crippen LogP contribution in [-0.2, 0) is 17.7 Å². The van der Waals surface area contributed by atoms with Gasteiger partial charge in [0.2, 0.25) is 0 Å². The van der Waals surface area contributed by atoms with Crippen molar-refractivity contribution in [3.05, 3.63) is 107 Å². The number of aryl methyl sites for hydroxylation is 1. The van der Waals surface area contributed by atoms with Crippen LogP contribution in [-0.4, -0.2) is 52.1 Å². The van der Waals surface area contributed by atoms with Gasteiger partial charge in [0, 0.05) is 43.7 Å². The van der Waals surface area contributed by atoms with E-state index in [1.54, 1.807) is 17.3 Å². The van der Waals surface area contributed by atoms with Crippen LogP contribution in [0, 0.1) is 6.92 Å². The van der Waals surface area contributed by atoms with Gasteiger partial charge in [-0.2, -0.15) is 0 Å². The fraction of sp³-hybridized carbons (Fsp3) is 0.241. The van der Waals surface area contributed by atoms with Gasteiger partial charge in [-0.25, -0.2) is 9.97 Å². The fourth-order valence-electron chi connectivity index (χ4n) is 4.36. The molecule has 0 unspecified atom stereocenters. The molecule has 2 bridgehead atoms. The van der Waals surface area contributed by atoms with Gasteiger partial charge in [-0.15, -0.1) is 0 Å². The first kappa shape index (κ1) is 23.6. The minimum absolute atomic E-state index is 0.100. The van der Waals surface area contributed by atoms with Crippen LogP contribution in [0.5, 0.6) is 5.75 Å². The number of aromatic nitrogens is 3. The summed E-state index contributed by atoms with van der Waals surface area (Å²) in [7, 11) is 0. The first-order chi connectivity index (χ1) is 17.7. The van der Waals surface area contributed by atoms with Crippen LogP contribution in [0.25, 0.3) is 11.1 Å². The molecule has 1 amide bonds. The molecule has 0 fully saturated rings. The van der Waals surface area contributed by atoms with Gasteiger partial charge in [0.05, 0.1) is 24.5 Å². The van der Waals surface area contributed by atoms with Crippen molar-refractivity contribution in [2.75, 3.05) is 26.4 Å². The van der Waals surface area contributed by atoms with Crippen LogP contribution < -0.4 is 4.74 Å². The van der Waals surface area contributed by atoms with E-state index in [0.717, 1.165) is 33.6 Å². The standard InChI is InChI=1S/C29H28N4O3/c1-21-27(18-31-20-32-21)29(34)33-10-11-35-12-13-36-28-8-7-24(25-6-3-9-30-17-25)16-26(28)15-22-4-2-5-23(14-22)19-33/h2-9,14,16-18,20H,10-13,15,19H2,1H3. The van der Waals surface area contributed by atoms with E-state index in [2.05, 4.69) is 45.3 Å². The molecule has 0 N–H and O–H groups in total. The Morgan fingerprint density at radius 3 is 2.69 bits per heavy atom. The van der Waals surface area contributed by atoms with Crippen LogP contribution >= 0.6 is 0 Å². The van der Waals surface area contributed by atoms with Crippen LogP contribution in [0.1, 0.15) is 32.7 Å². The van der Waals surface area contributed by atoms with Crippen molar-refractivity contribution >= 4 is 5.91 Å². The highest BCUT2D eigenvalue weighted by Crippen LogP contribution is 2.29. The normalized spacial score (nSPS) is 14.3. The number of hydrogen-bond donors (Lipinski definition) is 0. The molecule has 4 aromatic rings. The molecule has 182 valence electrons. The molecule has 7 heteroatoms. The Morgan fingerprint density at radius 2 is 1.83 bits per heavy atom. The van der Waals surface area contributed by atoms with Crippen molar-refractivity contribution < 1.29 is 14.3 Å². The Kier molecular flexibility index (Phi) is 7.28. The number of nitrogens with zero attached hydrogens (tertiary/aromatic N) is 4. The number of pyridine rings is 1. The Morgan fingerprint density at radius 1 is 0.917 bits per heavy atom. The Balaban J connectivity index is 1.45. The lowest BCUT2D eigenvalue weighted by Crippen LogP contribution is -2.34. The van der Waals surface area contributed by atoms with Crippen molar-refractivity contribution in [1.82, 2.24) is 19.9 Å². The summed E-state index contributed by atoms with van der Waals surface area (Å²) in [5.74, 6) is 0.752. The van der Waals surface area contributed by atoms with Crippen molar-refractivity contribution in [2.45, 2.75) is 19.9 Å². The zero-order chi connectivity index (χ0) is 24.7. The van der Waals surface area contributed by atoms with E-state index in [0.29, 0.717) is 50.6 Å². The average Bonchev–Trinajstić information content (AvgIpc) is 2.91. The molecular formula is C29H28N4O3. The van der Waals surface area contributed by atoms with E-state index in [-0.39, 0.29) is 5.91 Å². The lowest BCUT2D eigenvalue weighted by atomic mass is 9.98. The van der Waals surface area contributed by atoms with Crippen LogP contribution in [0.2, 0.25) is 0 Å². The maximum atomic E-state index is 13.4. The van der Waals surface area contributed by atoms with Gasteiger partial charge in [-0.1, -0.05) is 36.4 Å². The van der Waals surface area contributed by atoms with Gasteiger partial charge < -0.3 is 14.4 Å². The predicted molar refractivity (Wildman–Crippen MR) is 137 cm³/mol. The summed E-state index contributed by atoms with van der Waals surface area (Å²) in [4.78, 5) is 27.6. The van der Waals surface area contributed by atoms with Crippen molar-refractivity contribution in [3.8, 4) is 16.9 Å². The zero-order valence-corrected chi connectivity index (χ0v) is 20.3. The summed E-state index contributed by atoms with van der Waals surface area (Å²) >= 11 is 0. The Bertz CT molecular complexity index is 1340. The third kappa shape index (κ3) is 5.58. The van der Waals surface area contributed by atoms with E-state index >= 15 is 0 Å². The Labute approximate surface area is 210 Å². The minimum Gasteiger partial charge on any atom is -0.491 e. The Hall–Kier alpha value is -4.10. The summed E-state index contributed by atoms with van der Waals surface area (Å²) in [6.45, 7) is 4.04. The second-order valence-electron chi connectivity index (χ2n) is 8.77. The third-order valence-electron chi connectivity index (χ3n) is 6.23. The van der Waals surface area contributed by atoms with Crippen LogP contribution in [0.3, 0.4) is 0 Å². The van der Waals surface area contributed by atoms with Gasteiger partial charge >= 0.3 is 0 Å². The van der Waals surface area contributed by atoms with E-state index in [9.17, 15) is 4.79 Å². The number of carbonyl (C=O) groups is 1. The van der Waals surface area contributed by atoms with Gasteiger partial charge in [0.1, 0.15) is 18.7 Å². The maximum absolute atomic E-state index is 13.4. The molecule has 0 atom stereocenters. The van der Waals surface area contributed by atoms with Crippen molar-refractivity contribution in [1.29, 1.82) is 0 Å². The summed E-state index contributed by atoms with van der Waals surface area (Å²) in [6.07, 6.45) is 7.39. The molecule has 1 aliphatic heterocycles. The number of ether oxygens (including phenoxy) is 2. The molecule has 0 spiro atoms. The lowest BCUT2D eigenvalue weighted by Gasteiger charge is -2.24. The number of hydrogen-bond acceptors (Lipinski definition) is 6. The van der Waals surface area contributed by atoms with Gasteiger partial charge in [-0.05, 0) is 47.4 Å². The highest BCUT2D eigenvalue weighted by atomic mass is 16.5. The number of fused-ring (bicyclic) bond motifs is 3. The van der Waals surface area contributed by atoms with Crippen LogP contribution in [0.4, 0.5) is 0 Å². The number of amides is 1. The molecule has 1 aliphatic rings. The maximum Gasteiger partial charge on any atom is 0.257 e. The summed E-state index contributed by atoms with van der Waals surface area (Å²) in [5.41, 5.74) is 6.63. The minimum atomic E-state index is -0.100. The van der Waals surface area contributed by atoms with Gasteiger partial charge in [-0.3, -0.25) is 9.78 Å². The summed E-state index contributed by atoms with van der Waals surface area (Å²) in [6, 6.07) is 18.6. The number of carbonyl (C=O) groups excluding carboxylic acids is 1. The molecule has 2 aromatic carbocycles. The molecule has 7 nitrogen and oxygen atoms in total. The smallest absolute Gasteiger partial charge is 0.257 e. The second kappa shape index (κ2) is 11.1. The average molecular weight is 481 g/mol. The molecular weight excluding hydrogens is 452 g/mol. The van der Waals surface area contributed by atoms with Gasteiger partial charge in [0.15, 0.2) is 0 Å². The third-order valence-corrected chi connectivity index (χ3v) is 6.23. The monoisotopic (exact) mass is 480 g/mol. The molecule has 0 saturated heterocycles. The molecule has 0 radical (unpaired) electrons. The fourth-order valence-corrected chi connectivity index (χ4v) is 4.36. The number of benzene rings is 2. The van der Waals surface area contributed by atoms with Gasteiger partial charge in [0.25, 0.3) is 5.91 Å². The van der Waals surface area contributed by atoms with Crippen molar-refractivity contribution in [3.63, 3.8) is 0 Å². The quantitative estimate of drug-likeness (QED) is 0.421. The van der Waals surface area contributed by atoms with E-state index in [4.69, 9.17) is 9.47 Å². The zero-order valence-electron chi connectivity index (χ0n) is 20.3. The molecule has 5 rings (SSSR count). The highest BCUT2D eigenvalue weighted by Gasteiger charge is 2.19. The molecule has 0 saturated carbocycles. The molecule has 36 heavy (non-hydrogen) atoms. The molecule has 3 heterocycles. The first-order valence-electron chi connectivity index (χ1n) is 12.0. The SMILES string of the molecule is Cc1ncncc1C(=O)N1CCOCCOc2ccc(-c3cccnc3)cc2Cc2cccc(c2)C1. The van der Waals surface area contributed by atoms with Crippen molar-refractivity contribution in [2.24, 2.45) is 0 Å².